The van der Waals surface area contributed by atoms with Crippen LogP contribution in [-0.2, 0) is 13.6 Å². The monoisotopic (exact) mass is 271 g/mol. The third-order valence-corrected chi connectivity index (χ3v) is 2.98. The highest BCUT2D eigenvalue weighted by molar-refractivity contribution is 5.96. The van der Waals surface area contributed by atoms with Gasteiger partial charge in [-0.3, -0.25) is 4.79 Å². The van der Waals surface area contributed by atoms with E-state index >= 15 is 0 Å². The van der Waals surface area contributed by atoms with Gasteiger partial charge in [-0.05, 0) is 24.3 Å². The van der Waals surface area contributed by atoms with E-state index < -0.39 is 0 Å². The maximum Gasteiger partial charge on any atom is 0.287 e. The molecule has 1 aromatic carbocycles. The van der Waals surface area contributed by atoms with Gasteiger partial charge in [-0.25, -0.2) is 0 Å². The molecule has 0 bridgehead atoms. The second-order valence-corrected chi connectivity index (χ2v) is 4.45. The van der Waals surface area contributed by atoms with Gasteiger partial charge in [0.15, 0.2) is 11.6 Å². The van der Waals surface area contributed by atoms with Gasteiger partial charge < -0.3 is 20.0 Å². The smallest absolute Gasteiger partial charge is 0.287 e. The molecule has 3 rings (SSSR count). The van der Waals surface area contributed by atoms with E-state index in [4.69, 9.17) is 10.2 Å². The highest BCUT2D eigenvalue weighted by Gasteiger charge is 2.13. The van der Waals surface area contributed by atoms with Crippen molar-refractivity contribution in [3.63, 3.8) is 0 Å². The Balaban J connectivity index is 1.77. The molecule has 0 aliphatic rings. The van der Waals surface area contributed by atoms with E-state index in [0.29, 0.717) is 17.1 Å². The Bertz CT molecular complexity index is 774. The van der Waals surface area contributed by atoms with Crippen LogP contribution in [0.1, 0.15) is 16.4 Å². The number of benzene rings is 1. The lowest BCUT2D eigenvalue weighted by Gasteiger charge is -2.01. The third-order valence-electron chi connectivity index (χ3n) is 2.98. The molecule has 102 valence electrons. The first-order chi connectivity index (χ1) is 9.63. The summed E-state index contributed by atoms with van der Waals surface area (Å²) in [5.41, 5.74) is 6.95. The normalized spacial score (nSPS) is 10.8. The van der Waals surface area contributed by atoms with Crippen LogP contribution in [0.4, 0.5) is 5.69 Å². The number of hydrogen-bond donors (Lipinski definition) is 2. The fraction of sp³-hybridized carbons (Fsp3) is 0.154. The number of nitrogens with one attached hydrogen (secondary N) is 1. The number of amides is 1. The van der Waals surface area contributed by atoms with Gasteiger partial charge in [-0.2, -0.15) is 0 Å². The number of carbonyl (C=O) groups excluding carboxylic acids is 1. The first kappa shape index (κ1) is 12.2. The summed E-state index contributed by atoms with van der Waals surface area (Å²) < 4.78 is 7.21. The van der Waals surface area contributed by atoms with Gasteiger partial charge >= 0.3 is 0 Å². The van der Waals surface area contributed by atoms with Crippen LogP contribution in [-0.4, -0.2) is 20.7 Å². The number of fused-ring (bicyclic) bond motifs is 1. The summed E-state index contributed by atoms with van der Waals surface area (Å²) >= 11 is 0. The van der Waals surface area contributed by atoms with Crippen LogP contribution < -0.4 is 11.1 Å². The molecule has 0 atom stereocenters. The Kier molecular flexibility index (Phi) is 2.86. The van der Waals surface area contributed by atoms with Crippen molar-refractivity contribution in [2.45, 2.75) is 6.54 Å². The van der Waals surface area contributed by atoms with E-state index in [9.17, 15) is 4.79 Å². The molecule has 0 spiro atoms. The van der Waals surface area contributed by atoms with Crippen molar-refractivity contribution in [1.82, 2.24) is 20.1 Å². The standard InChI is InChI=1S/C13H13N5O2/c1-18-7-16-17-12(18)6-15-13(19)11-5-8-4-9(14)2-3-10(8)20-11/h2-5,7H,6,14H2,1H3,(H,15,19). The van der Waals surface area contributed by atoms with Crippen molar-refractivity contribution >= 4 is 22.6 Å². The predicted octanol–water partition coefficient (Wildman–Crippen LogP) is 1.07. The van der Waals surface area contributed by atoms with Crippen molar-refractivity contribution < 1.29 is 9.21 Å². The summed E-state index contributed by atoms with van der Waals surface area (Å²) in [5.74, 6) is 0.606. The van der Waals surface area contributed by atoms with Crippen molar-refractivity contribution in [2.75, 3.05) is 5.73 Å². The molecule has 2 heterocycles. The summed E-state index contributed by atoms with van der Waals surface area (Å²) in [6.07, 6.45) is 1.57. The number of nitrogen functional groups attached to an aromatic ring is 1. The molecule has 1 amide bonds. The number of nitrogens with zero attached hydrogens (tertiary/aromatic N) is 3. The van der Waals surface area contributed by atoms with Crippen LogP contribution in [0.3, 0.4) is 0 Å². The number of aryl methyl sites for hydroxylation is 1. The van der Waals surface area contributed by atoms with Crippen molar-refractivity contribution in [3.05, 3.63) is 42.2 Å². The average Bonchev–Trinajstić information content (AvgIpc) is 3.01. The van der Waals surface area contributed by atoms with E-state index in [2.05, 4.69) is 15.5 Å². The van der Waals surface area contributed by atoms with Crippen molar-refractivity contribution in [1.29, 1.82) is 0 Å². The summed E-state index contributed by atoms with van der Waals surface area (Å²) in [5, 5.41) is 11.2. The molecule has 3 N–H and O–H groups in total. The van der Waals surface area contributed by atoms with Gasteiger partial charge in [0.1, 0.15) is 11.9 Å². The van der Waals surface area contributed by atoms with E-state index in [1.165, 1.54) is 0 Å². The average molecular weight is 271 g/mol. The SMILES string of the molecule is Cn1cnnc1CNC(=O)c1cc2cc(N)ccc2o1. The van der Waals surface area contributed by atoms with Gasteiger partial charge in [0.2, 0.25) is 0 Å². The Morgan fingerprint density at radius 1 is 1.45 bits per heavy atom. The van der Waals surface area contributed by atoms with Crippen LogP contribution in [0.2, 0.25) is 0 Å². The first-order valence-corrected chi connectivity index (χ1v) is 6.03. The fourth-order valence-electron chi connectivity index (χ4n) is 1.89. The zero-order valence-corrected chi connectivity index (χ0v) is 10.8. The quantitative estimate of drug-likeness (QED) is 0.694. The van der Waals surface area contributed by atoms with E-state index in [1.54, 1.807) is 35.2 Å². The maximum atomic E-state index is 12.0. The van der Waals surface area contributed by atoms with Crippen LogP contribution in [0, 0.1) is 0 Å². The second-order valence-electron chi connectivity index (χ2n) is 4.45. The van der Waals surface area contributed by atoms with Crippen LogP contribution >= 0.6 is 0 Å². The van der Waals surface area contributed by atoms with Crippen molar-refractivity contribution in [2.24, 2.45) is 7.05 Å². The minimum Gasteiger partial charge on any atom is -0.451 e. The Hall–Kier alpha value is -2.83. The summed E-state index contributed by atoms with van der Waals surface area (Å²) in [4.78, 5) is 12.0. The predicted molar refractivity (Wildman–Crippen MR) is 72.8 cm³/mol. The molecule has 0 radical (unpaired) electrons. The van der Waals surface area contributed by atoms with E-state index in [0.717, 1.165) is 5.39 Å². The van der Waals surface area contributed by atoms with Crippen molar-refractivity contribution in [3.8, 4) is 0 Å². The molecular formula is C13H13N5O2. The zero-order chi connectivity index (χ0) is 14.1. The summed E-state index contributed by atoms with van der Waals surface area (Å²) in [7, 11) is 1.81. The molecule has 20 heavy (non-hydrogen) atoms. The largest absolute Gasteiger partial charge is 0.451 e. The summed E-state index contributed by atoms with van der Waals surface area (Å²) in [6.45, 7) is 0.286. The van der Waals surface area contributed by atoms with Gasteiger partial charge in [-0.1, -0.05) is 0 Å². The maximum absolute atomic E-state index is 12.0. The molecule has 0 fully saturated rings. The number of hydrogen-bond acceptors (Lipinski definition) is 5. The number of furan rings is 1. The molecule has 0 saturated carbocycles. The molecule has 7 nitrogen and oxygen atoms in total. The Morgan fingerprint density at radius 2 is 2.30 bits per heavy atom. The highest BCUT2D eigenvalue weighted by Crippen LogP contribution is 2.21. The van der Waals surface area contributed by atoms with Gasteiger partial charge in [0.05, 0.1) is 6.54 Å². The van der Waals surface area contributed by atoms with Gasteiger partial charge in [0, 0.05) is 18.1 Å². The lowest BCUT2D eigenvalue weighted by Crippen LogP contribution is -2.23. The van der Waals surface area contributed by atoms with E-state index in [-0.39, 0.29) is 18.2 Å². The fourth-order valence-corrected chi connectivity index (χ4v) is 1.89. The molecular weight excluding hydrogens is 258 g/mol. The van der Waals surface area contributed by atoms with Gasteiger partial charge in [-0.15, -0.1) is 10.2 Å². The molecule has 0 aliphatic heterocycles. The lowest BCUT2D eigenvalue weighted by molar-refractivity contribution is 0.0924. The third kappa shape index (κ3) is 2.20. The van der Waals surface area contributed by atoms with E-state index in [1.807, 2.05) is 7.05 Å². The second kappa shape index (κ2) is 4.69. The highest BCUT2D eigenvalue weighted by atomic mass is 16.3. The lowest BCUT2D eigenvalue weighted by atomic mass is 10.2. The number of rotatable bonds is 3. The minimum atomic E-state index is -0.303. The van der Waals surface area contributed by atoms with Crippen LogP contribution in [0.15, 0.2) is 35.0 Å². The van der Waals surface area contributed by atoms with Gasteiger partial charge in [0.25, 0.3) is 5.91 Å². The molecule has 0 aliphatic carbocycles. The number of carbonyl (C=O) groups is 1. The Labute approximate surface area is 114 Å². The first-order valence-electron chi connectivity index (χ1n) is 6.03. The molecule has 0 saturated heterocycles. The molecule has 2 aromatic heterocycles. The minimum absolute atomic E-state index is 0.243. The number of anilines is 1. The molecule has 0 unspecified atom stereocenters. The number of nitrogens with two attached hydrogens (primary N) is 1. The van der Waals surface area contributed by atoms with Crippen LogP contribution in [0.25, 0.3) is 11.0 Å². The summed E-state index contributed by atoms with van der Waals surface area (Å²) in [6, 6.07) is 6.90. The van der Waals surface area contributed by atoms with Crippen LogP contribution in [0.5, 0.6) is 0 Å². The number of aromatic nitrogens is 3. The molecule has 7 heteroatoms. The Morgan fingerprint density at radius 3 is 3.05 bits per heavy atom. The topological polar surface area (TPSA) is 99.0 Å². The molecule has 3 aromatic rings. The zero-order valence-electron chi connectivity index (χ0n) is 10.8.